The van der Waals surface area contributed by atoms with Crippen LogP contribution in [0.3, 0.4) is 0 Å². The summed E-state index contributed by atoms with van der Waals surface area (Å²) in [6.07, 6.45) is 0. The number of benzene rings is 2. The summed E-state index contributed by atoms with van der Waals surface area (Å²) in [5.41, 5.74) is 8.82. The highest BCUT2D eigenvalue weighted by Gasteiger charge is 2.18. The molecule has 0 fully saturated rings. The van der Waals surface area contributed by atoms with Gasteiger partial charge in [0, 0.05) is 0 Å². The molecule has 0 atom stereocenters. The third-order valence-electron chi connectivity index (χ3n) is 3.38. The molecule has 0 spiro atoms. The lowest BCUT2D eigenvalue weighted by atomic mass is 9.86. The van der Waals surface area contributed by atoms with Gasteiger partial charge in [-0.25, -0.2) is 0 Å². The Bertz CT molecular complexity index is 615. The van der Waals surface area contributed by atoms with Gasteiger partial charge in [0.2, 0.25) is 0 Å². The van der Waals surface area contributed by atoms with Crippen LogP contribution in [0.25, 0.3) is 0 Å². The second-order valence-electron chi connectivity index (χ2n) is 6.11. The second-order valence-corrected chi connectivity index (χ2v) is 6.11. The molecule has 2 N–H and O–H groups in total. The average molecular weight is 285 g/mol. The normalized spacial score (nSPS) is 11.2. The van der Waals surface area contributed by atoms with Crippen LogP contribution in [-0.4, -0.2) is 7.11 Å². The van der Waals surface area contributed by atoms with Crippen LogP contribution < -0.4 is 15.2 Å². The highest BCUT2D eigenvalue weighted by atomic mass is 16.5. The fourth-order valence-corrected chi connectivity index (χ4v) is 2.25. The van der Waals surface area contributed by atoms with Crippen LogP contribution >= 0.6 is 0 Å². The monoisotopic (exact) mass is 285 g/mol. The van der Waals surface area contributed by atoms with Crippen LogP contribution in [0.2, 0.25) is 0 Å². The molecule has 21 heavy (non-hydrogen) atoms. The Morgan fingerprint density at radius 2 is 1.71 bits per heavy atom. The van der Waals surface area contributed by atoms with Crippen molar-refractivity contribution in [3.05, 3.63) is 53.6 Å². The smallest absolute Gasteiger partial charge is 0.141 e. The molecule has 0 unspecified atom stereocenters. The fourth-order valence-electron chi connectivity index (χ4n) is 2.25. The van der Waals surface area contributed by atoms with E-state index >= 15 is 0 Å². The largest absolute Gasteiger partial charge is 0.495 e. The number of nitrogens with two attached hydrogens (primary N) is 1. The van der Waals surface area contributed by atoms with Gasteiger partial charge in [0.25, 0.3) is 0 Å². The zero-order chi connectivity index (χ0) is 15.5. The maximum Gasteiger partial charge on any atom is 0.141 e. The molecule has 2 rings (SSSR count). The summed E-state index contributed by atoms with van der Waals surface area (Å²) in [6, 6.07) is 13.9. The molecule has 0 saturated carbocycles. The predicted octanol–water partition coefficient (Wildman–Crippen LogP) is 4.15. The average Bonchev–Trinajstić information content (AvgIpc) is 2.44. The summed E-state index contributed by atoms with van der Waals surface area (Å²) >= 11 is 0. The molecule has 112 valence electrons. The first-order valence-corrected chi connectivity index (χ1v) is 7.06. The summed E-state index contributed by atoms with van der Waals surface area (Å²) in [6.45, 7) is 7.03. The lowest BCUT2D eigenvalue weighted by molar-refractivity contribution is 0.297. The molecule has 2 aromatic carbocycles. The molecule has 0 radical (unpaired) electrons. The number of hydrogen-bond donors (Lipinski definition) is 1. The Labute approximate surface area is 126 Å². The zero-order valence-electron chi connectivity index (χ0n) is 13.1. The maximum atomic E-state index is 5.98. The Morgan fingerprint density at radius 1 is 1.00 bits per heavy atom. The molecule has 2 aromatic rings. The van der Waals surface area contributed by atoms with Crippen LogP contribution in [0, 0.1) is 0 Å². The lowest BCUT2D eigenvalue weighted by Crippen LogP contribution is -2.13. The van der Waals surface area contributed by atoms with Crippen molar-refractivity contribution in [3.63, 3.8) is 0 Å². The number of nitrogen functional groups attached to an aromatic ring is 1. The minimum absolute atomic E-state index is 0.0511. The van der Waals surface area contributed by atoms with Gasteiger partial charge in [-0.15, -0.1) is 0 Å². The van der Waals surface area contributed by atoms with Gasteiger partial charge in [0.1, 0.15) is 18.1 Å². The van der Waals surface area contributed by atoms with Gasteiger partial charge in [0.05, 0.1) is 12.8 Å². The molecular formula is C18H23NO2. The van der Waals surface area contributed by atoms with Crippen molar-refractivity contribution < 1.29 is 9.47 Å². The van der Waals surface area contributed by atoms with Gasteiger partial charge in [-0.1, -0.05) is 45.0 Å². The first-order chi connectivity index (χ1) is 9.91. The standard InChI is InChI=1S/C18H23NO2/c1-18(2,3)14-7-5-6-8-16(14)21-12-13-9-10-17(20-4)15(19)11-13/h5-11H,12,19H2,1-4H3. The molecule has 0 aliphatic heterocycles. The van der Waals surface area contributed by atoms with Crippen molar-refractivity contribution >= 4 is 5.69 Å². The van der Waals surface area contributed by atoms with Crippen LogP contribution in [0.4, 0.5) is 5.69 Å². The minimum atomic E-state index is 0.0511. The Kier molecular flexibility index (Phi) is 4.41. The van der Waals surface area contributed by atoms with E-state index in [1.54, 1.807) is 7.11 Å². The first kappa shape index (κ1) is 15.2. The molecule has 0 aromatic heterocycles. The van der Waals surface area contributed by atoms with Crippen LogP contribution in [0.1, 0.15) is 31.9 Å². The summed E-state index contributed by atoms with van der Waals surface area (Å²) in [4.78, 5) is 0. The highest BCUT2D eigenvalue weighted by Crippen LogP contribution is 2.31. The van der Waals surface area contributed by atoms with E-state index in [0.29, 0.717) is 18.0 Å². The van der Waals surface area contributed by atoms with E-state index in [1.807, 2.05) is 36.4 Å². The summed E-state index contributed by atoms with van der Waals surface area (Å²) < 4.78 is 11.1. The summed E-state index contributed by atoms with van der Waals surface area (Å²) in [7, 11) is 1.61. The van der Waals surface area contributed by atoms with Gasteiger partial charge in [-0.3, -0.25) is 0 Å². The second kappa shape index (κ2) is 6.08. The van der Waals surface area contributed by atoms with Crippen LogP contribution in [-0.2, 0) is 12.0 Å². The number of ether oxygens (including phenoxy) is 2. The molecule has 3 heteroatoms. The number of methoxy groups -OCH3 is 1. The third-order valence-corrected chi connectivity index (χ3v) is 3.38. The van der Waals surface area contributed by atoms with Gasteiger partial charge in [-0.2, -0.15) is 0 Å². The quantitative estimate of drug-likeness (QED) is 0.858. The molecule has 3 nitrogen and oxygen atoms in total. The first-order valence-electron chi connectivity index (χ1n) is 7.06. The highest BCUT2D eigenvalue weighted by molar-refractivity contribution is 5.54. The number of para-hydroxylation sites is 1. The van der Waals surface area contributed by atoms with E-state index in [2.05, 4.69) is 26.8 Å². The van der Waals surface area contributed by atoms with E-state index in [-0.39, 0.29) is 5.41 Å². The van der Waals surface area contributed by atoms with Gasteiger partial charge >= 0.3 is 0 Å². The molecular weight excluding hydrogens is 262 g/mol. The van der Waals surface area contributed by atoms with Crippen molar-refractivity contribution in [1.82, 2.24) is 0 Å². The number of anilines is 1. The molecule has 0 saturated heterocycles. The van der Waals surface area contributed by atoms with Crippen LogP contribution in [0.15, 0.2) is 42.5 Å². The van der Waals surface area contributed by atoms with Crippen molar-refractivity contribution in [1.29, 1.82) is 0 Å². The van der Waals surface area contributed by atoms with E-state index in [0.717, 1.165) is 11.3 Å². The Morgan fingerprint density at radius 3 is 2.33 bits per heavy atom. The zero-order valence-corrected chi connectivity index (χ0v) is 13.1. The SMILES string of the molecule is COc1ccc(COc2ccccc2C(C)(C)C)cc1N. The summed E-state index contributed by atoms with van der Waals surface area (Å²) in [5, 5.41) is 0. The maximum absolute atomic E-state index is 5.98. The van der Waals surface area contributed by atoms with Crippen molar-refractivity contribution in [3.8, 4) is 11.5 Å². The number of hydrogen-bond acceptors (Lipinski definition) is 3. The topological polar surface area (TPSA) is 44.5 Å². The molecule has 0 aliphatic carbocycles. The van der Waals surface area contributed by atoms with E-state index < -0.39 is 0 Å². The third kappa shape index (κ3) is 3.69. The number of rotatable bonds is 4. The van der Waals surface area contributed by atoms with Gasteiger partial charge in [-0.05, 0) is 34.7 Å². The van der Waals surface area contributed by atoms with E-state index in [9.17, 15) is 0 Å². The molecule has 0 amide bonds. The molecule has 0 aliphatic rings. The molecule has 0 bridgehead atoms. The van der Waals surface area contributed by atoms with Gasteiger partial charge < -0.3 is 15.2 Å². The fraction of sp³-hybridized carbons (Fsp3) is 0.333. The Hall–Kier alpha value is -2.16. The van der Waals surface area contributed by atoms with Crippen LogP contribution in [0.5, 0.6) is 11.5 Å². The van der Waals surface area contributed by atoms with Crippen molar-refractivity contribution in [2.75, 3.05) is 12.8 Å². The van der Waals surface area contributed by atoms with E-state index in [1.165, 1.54) is 5.56 Å². The Balaban J connectivity index is 2.15. The van der Waals surface area contributed by atoms with E-state index in [4.69, 9.17) is 15.2 Å². The molecule has 0 heterocycles. The van der Waals surface area contributed by atoms with Crippen molar-refractivity contribution in [2.24, 2.45) is 0 Å². The predicted molar refractivity (Wildman–Crippen MR) is 86.9 cm³/mol. The summed E-state index contributed by atoms with van der Waals surface area (Å²) in [5.74, 6) is 1.60. The van der Waals surface area contributed by atoms with Crippen molar-refractivity contribution in [2.45, 2.75) is 32.8 Å². The van der Waals surface area contributed by atoms with Gasteiger partial charge in [0.15, 0.2) is 0 Å². The lowest BCUT2D eigenvalue weighted by Gasteiger charge is -2.22. The minimum Gasteiger partial charge on any atom is -0.495 e.